The van der Waals surface area contributed by atoms with E-state index in [9.17, 15) is 13.5 Å². The Morgan fingerprint density at radius 2 is 1.79 bits per heavy atom. The van der Waals surface area contributed by atoms with Crippen molar-refractivity contribution in [3.05, 3.63) is 65.2 Å². The molecule has 0 aromatic heterocycles. The normalized spacial score (nSPS) is 19.3. The number of aliphatic hydroxyl groups is 1. The van der Waals surface area contributed by atoms with Crippen LogP contribution < -0.4 is 4.31 Å². The van der Waals surface area contributed by atoms with Crippen molar-refractivity contribution in [3.8, 4) is 0 Å². The lowest BCUT2D eigenvalue weighted by Gasteiger charge is -2.33. The van der Waals surface area contributed by atoms with Gasteiger partial charge in [-0.25, -0.2) is 8.42 Å². The molecule has 1 fully saturated rings. The third-order valence-corrected chi connectivity index (χ3v) is 7.43. The molecule has 2 aliphatic rings. The molecule has 2 aromatic rings. The van der Waals surface area contributed by atoms with Gasteiger partial charge in [0.25, 0.3) is 0 Å². The molecular formula is C23H30N2O3S. The molecule has 1 N–H and O–H groups in total. The van der Waals surface area contributed by atoms with Crippen LogP contribution in [0.1, 0.15) is 35.6 Å². The van der Waals surface area contributed by atoms with Crippen LogP contribution in [0, 0.1) is 5.92 Å². The highest BCUT2D eigenvalue weighted by Crippen LogP contribution is 2.32. The van der Waals surface area contributed by atoms with E-state index in [1.165, 1.54) is 16.1 Å². The Hall–Kier alpha value is -1.89. The third kappa shape index (κ3) is 4.82. The van der Waals surface area contributed by atoms with Crippen LogP contribution in [0.15, 0.2) is 48.5 Å². The van der Waals surface area contributed by atoms with E-state index < -0.39 is 16.1 Å². The van der Waals surface area contributed by atoms with Gasteiger partial charge in [-0.15, -0.1) is 0 Å². The van der Waals surface area contributed by atoms with E-state index in [0.717, 1.165) is 49.2 Å². The smallest absolute Gasteiger partial charge is 0.232 e. The first-order chi connectivity index (χ1) is 13.9. The summed E-state index contributed by atoms with van der Waals surface area (Å²) in [7, 11) is -3.24. The summed E-state index contributed by atoms with van der Waals surface area (Å²) in [6.07, 6.45) is 4.86. The Morgan fingerprint density at radius 3 is 2.48 bits per heavy atom. The van der Waals surface area contributed by atoms with Crippen molar-refractivity contribution in [1.82, 2.24) is 4.90 Å². The number of piperidine rings is 1. The zero-order valence-corrected chi connectivity index (χ0v) is 17.8. The Bertz CT molecular complexity index is 938. The van der Waals surface area contributed by atoms with Gasteiger partial charge in [-0.3, -0.25) is 4.31 Å². The molecule has 4 rings (SSSR count). The van der Waals surface area contributed by atoms with Crippen LogP contribution in [-0.4, -0.2) is 50.9 Å². The van der Waals surface area contributed by atoms with E-state index in [-0.39, 0.29) is 0 Å². The molecule has 0 amide bonds. The van der Waals surface area contributed by atoms with Gasteiger partial charge in [0.05, 0.1) is 18.0 Å². The van der Waals surface area contributed by atoms with Crippen molar-refractivity contribution in [1.29, 1.82) is 0 Å². The molecule has 2 aromatic carbocycles. The maximum atomic E-state index is 11.9. The number of rotatable bonds is 6. The second kappa shape index (κ2) is 8.46. The van der Waals surface area contributed by atoms with Crippen molar-refractivity contribution in [2.45, 2.75) is 31.8 Å². The number of β-amino-alcohol motifs (C(OH)–C–C–N with tert-alkyl or cyclic N) is 1. The SMILES string of the molecule is CS(=O)(=O)N1CCc2cc(C(O)CN3CCC(Cc4ccccc4)CC3)ccc21. The Labute approximate surface area is 174 Å². The fourth-order valence-corrected chi connectivity index (χ4v) is 5.57. The molecule has 1 saturated heterocycles. The number of sulfonamides is 1. The molecule has 5 nitrogen and oxygen atoms in total. The molecule has 29 heavy (non-hydrogen) atoms. The summed E-state index contributed by atoms with van der Waals surface area (Å²) >= 11 is 0. The molecule has 0 bridgehead atoms. The van der Waals surface area contributed by atoms with Gasteiger partial charge in [0.15, 0.2) is 0 Å². The standard InChI is InChI=1S/C23H30N2O3S/c1-29(27,28)25-14-11-20-16-21(7-8-22(20)25)23(26)17-24-12-9-19(10-13-24)15-18-5-3-2-4-6-18/h2-8,16,19,23,26H,9-15,17H2,1H3. The molecule has 156 valence electrons. The zero-order valence-electron chi connectivity index (χ0n) is 17.0. The molecule has 0 saturated carbocycles. The van der Waals surface area contributed by atoms with E-state index in [0.29, 0.717) is 25.4 Å². The Morgan fingerprint density at radius 1 is 1.07 bits per heavy atom. The highest BCUT2D eigenvalue weighted by atomic mass is 32.2. The second-order valence-corrected chi connectivity index (χ2v) is 10.3. The Kier molecular flexibility index (Phi) is 5.95. The lowest BCUT2D eigenvalue weighted by Crippen LogP contribution is -2.37. The summed E-state index contributed by atoms with van der Waals surface area (Å²) in [5.41, 5.74) is 4.05. The van der Waals surface area contributed by atoms with Gasteiger partial charge in [-0.2, -0.15) is 0 Å². The monoisotopic (exact) mass is 414 g/mol. The van der Waals surface area contributed by atoms with Crippen molar-refractivity contribution >= 4 is 15.7 Å². The molecule has 2 heterocycles. The maximum Gasteiger partial charge on any atom is 0.232 e. The first-order valence-corrected chi connectivity index (χ1v) is 12.3. The van der Waals surface area contributed by atoms with Crippen LogP contribution in [0.25, 0.3) is 0 Å². The third-order valence-electron chi connectivity index (χ3n) is 6.25. The van der Waals surface area contributed by atoms with Crippen LogP contribution >= 0.6 is 0 Å². The van der Waals surface area contributed by atoms with Gasteiger partial charge in [-0.1, -0.05) is 42.5 Å². The number of hydrogen-bond acceptors (Lipinski definition) is 4. The average Bonchev–Trinajstić information content (AvgIpc) is 3.14. The van der Waals surface area contributed by atoms with E-state index >= 15 is 0 Å². The van der Waals surface area contributed by atoms with Crippen LogP contribution in [0.2, 0.25) is 0 Å². The molecule has 6 heteroatoms. The highest BCUT2D eigenvalue weighted by Gasteiger charge is 2.27. The van der Waals surface area contributed by atoms with E-state index in [2.05, 4.69) is 35.2 Å². The van der Waals surface area contributed by atoms with Crippen molar-refractivity contribution in [2.75, 3.05) is 36.7 Å². The van der Waals surface area contributed by atoms with Gasteiger partial charge in [0, 0.05) is 13.1 Å². The van der Waals surface area contributed by atoms with Crippen LogP contribution in [0.4, 0.5) is 5.69 Å². The minimum atomic E-state index is -3.24. The molecule has 0 spiro atoms. The summed E-state index contributed by atoms with van der Waals surface area (Å²) in [6, 6.07) is 16.4. The first kappa shape index (κ1) is 20.4. The fourth-order valence-electron chi connectivity index (χ4n) is 4.61. The van der Waals surface area contributed by atoms with E-state index in [1.807, 2.05) is 18.2 Å². The molecule has 1 unspecified atom stereocenters. The van der Waals surface area contributed by atoms with Gasteiger partial charge < -0.3 is 10.0 Å². The summed E-state index contributed by atoms with van der Waals surface area (Å²) in [5, 5.41) is 10.8. The fraction of sp³-hybridized carbons (Fsp3) is 0.478. The zero-order chi connectivity index (χ0) is 20.4. The first-order valence-electron chi connectivity index (χ1n) is 10.4. The molecule has 0 radical (unpaired) electrons. The molecule has 2 aliphatic heterocycles. The van der Waals surface area contributed by atoms with Gasteiger partial charge in [0.2, 0.25) is 10.0 Å². The number of aliphatic hydroxyl groups excluding tert-OH is 1. The van der Waals surface area contributed by atoms with E-state index in [1.54, 1.807) is 0 Å². The number of fused-ring (bicyclic) bond motifs is 1. The quantitative estimate of drug-likeness (QED) is 0.789. The number of likely N-dealkylation sites (tertiary alicyclic amines) is 1. The van der Waals surface area contributed by atoms with Crippen molar-refractivity contribution in [3.63, 3.8) is 0 Å². The number of hydrogen-bond donors (Lipinski definition) is 1. The predicted molar refractivity (Wildman–Crippen MR) is 117 cm³/mol. The van der Waals surface area contributed by atoms with E-state index in [4.69, 9.17) is 0 Å². The average molecular weight is 415 g/mol. The summed E-state index contributed by atoms with van der Waals surface area (Å²) in [6.45, 7) is 3.15. The minimum absolute atomic E-state index is 0.489. The van der Waals surface area contributed by atoms with Crippen molar-refractivity contribution in [2.24, 2.45) is 5.92 Å². The lowest BCUT2D eigenvalue weighted by atomic mass is 9.90. The number of nitrogens with zero attached hydrogens (tertiary/aromatic N) is 2. The van der Waals surface area contributed by atoms with Crippen LogP contribution in [0.3, 0.4) is 0 Å². The minimum Gasteiger partial charge on any atom is -0.387 e. The predicted octanol–water partition coefficient (Wildman–Crippen LogP) is 3.00. The molecule has 0 aliphatic carbocycles. The summed E-state index contributed by atoms with van der Waals surface area (Å²) < 4.78 is 25.2. The molecule has 1 atom stereocenters. The topological polar surface area (TPSA) is 60.9 Å². The second-order valence-electron chi connectivity index (χ2n) is 8.42. The van der Waals surface area contributed by atoms with Crippen LogP contribution in [0.5, 0.6) is 0 Å². The summed E-state index contributed by atoms with van der Waals surface area (Å²) in [4.78, 5) is 2.35. The van der Waals surface area contributed by atoms with Crippen LogP contribution in [-0.2, 0) is 22.9 Å². The van der Waals surface area contributed by atoms with Gasteiger partial charge in [-0.05, 0) is 67.4 Å². The highest BCUT2D eigenvalue weighted by molar-refractivity contribution is 7.92. The Balaban J connectivity index is 1.32. The maximum absolute atomic E-state index is 11.9. The summed E-state index contributed by atoms with van der Waals surface area (Å²) in [5.74, 6) is 0.716. The van der Waals surface area contributed by atoms with Gasteiger partial charge in [0.1, 0.15) is 0 Å². The number of benzene rings is 2. The van der Waals surface area contributed by atoms with Crippen molar-refractivity contribution < 1.29 is 13.5 Å². The van der Waals surface area contributed by atoms with Gasteiger partial charge >= 0.3 is 0 Å². The largest absolute Gasteiger partial charge is 0.387 e. The lowest BCUT2D eigenvalue weighted by molar-refractivity contribution is 0.0893. The number of anilines is 1. The molecular weight excluding hydrogens is 384 g/mol.